The number of hydrogen-bond acceptors (Lipinski definition) is 4. The number of hydrazine groups is 1. The van der Waals surface area contributed by atoms with Gasteiger partial charge in [0.05, 0.1) is 17.1 Å². The van der Waals surface area contributed by atoms with E-state index in [2.05, 4.69) is 63.7 Å². The molecule has 0 saturated heterocycles. The normalized spacial score (nSPS) is 12.2. The molecule has 0 atom stereocenters. The fraction of sp³-hybridized carbons (Fsp3) is 0.0400. The number of benzene rings is 3. The average Bonchev–Trinajstić information content (AvgIpc) is 3.49. The summed E-state index contributed by atoms with van der Waals surface area (Å²) in [6.45, 7) is 2.12. The van der Waals surface area contributed by atoms with E-state index in [9.17, 15) is 4.79 Å². The zero-order chi connectivity index (χ0) is 20.2. The molecule has 0 unspecified atom stereocenters. The number of rotatable bonds is 3. The van der Waals surface area contributed by atoms with Gasteiger partial charge in [0.2, 0.25) is 0 Å². The third-order valence-corrected chi connectivity index (χ3v) is 5.67. The molecule has 6 rings (SSSR count). The first-order valence-electron chi connectivity index (χ1n) is 9.87. The van der Waals surface area contributed by atoms with Gasteiger partial charge in [0.25, 0.3) is 5.56 Å². The number of pyridine rings is 2. The Balaban J connectivity index is 1.43. The van der Waals surface area contributed by atoms with Crippen molar-refractivity contribution < 1.29 is 0 Å². The minimum Gasteiger partial charge on any atom is -0.306 e. The molecule has 0 radical (unpaired) electrons. The van der Waals surface area contributed by atoms with E-state index >= 15 is 0 Å². The molecule has 0 fully saturated rings. The largest absolute Gasteiger partial charge is 0.306 e. The van der Waals surface area contributed by atoms with Gasteiger partial charge >= 0.3 is 0 Å². The van der Waals surface area contributed by atoms with E-state index in [1.807, 2.05) is 36.4 Å². The number of anilines is 3. The fourth-order valence-corrected chi connectivity index (χ4v) is 4.17. The summed E-state index contributed by atoms with van der Waals surface area (Å²) in [5.41, 5.74) is 10.9. The molecule has 2 N–H and O–H groups in total. The van der Waals surface area contributed by atoms with Crippen molar-refractivity contribution in [2.75, 3.05) is 10.4 Å². The van der Waals surface area contributed by atoms with Crippen molar-refractivity contribution in [2.45, 2.75) is 6.92 Å². The van der Waals surface area contributed by atoms with Gasteiger partial charge in [0.1, 0.15) is 5.65 Å². The van der Waals surface area contributed by atoms with E-state index in [0.29, 0.717) is 11.0 Å². The molecular weight excluding hydrogens is 372 g/mol. The first kappa shape index (κ1) is 16.8. The number of nitrogens with one attached hydrogen (secondary N) is 2. The Morgan fingerprint density at radius 3 is 2.60 bits per heavy atom. The maximum Gasteiger partial charge on any atom is 0.257 e. The molecule has 0 bridgehead atoms. The zero-order valence-electron chi connectivity index (χ0n) is 16.3. The van der Waals surface area contributed by atoms with Crippen molar-refractivity contribution in [3.63, 3.8) is 0 Å². The first-order chi connectivity index (χ1) is 14.7. The van der Waals surface area contributed by atoms with Crippen LogP contribution in [0.5, 0.6) is 0 Å². The lowest BCUT2D eigenvalue weighted by molar-refractivity contribution is 1.25. The highest BCUT2D eigenvalue weighted by molar-refractivity contribution is 6.08. The SMILES string of the molecule is Cc1ccc(-c2ccccc2)c2c1N2Nc1ccc2c(=O)[nH]c3ncccc3c2c1. The summed E-state index contributed by atoms with van der Waals surface area (Å²) in [6, 6.07) is 24.4. The Morgan fingerprint density at radius 2 is 1.73 bits per heavy atom. The first-order valence-corrected chi connectivity index (χ1v) is 9.87. The summed E-state index contributed by atoms with van der Waals surface area (Å²) < 4.78 is 0. The quantitative estimate of drug-likeness (QED) is 0.314. The molecule has 1 aliphatic heterocycles. The van der Waals surface area contributed by atoms with Crippen LogP contribution < -0.4 is 16.0 Å². The highest BCUT2D eigenvalue weighted by Crippen LogP contribution is 2.55. The van der Waals surface area contributed by atoms with Crippen LogP contribution in [0, 0.1) is 6.92 Å². The summed E-state index contributed by atoms with van der Waals surface area (Å²) in [7, 11) is 0. The predicted octanol–water partition coefficient (Wildman–Crippen LogP) is 5.53. The maximum absolute atomic E-state index is 12.4. The Hall–Kier alpha value is -4.12. The van der Waals surface area contributed by atoms with Gasteiger partial charge in [-0.3, -0.25) is 15.2 Å². The van der Waals surface area contributed by atoms with Crippen molar-refractivity contribution in [3.8, 4) is 11.1 Å². The molecule has 0 saturated carbocycles. The van der Waals surface area contributed by atoms with Crippen LogP contribution in [-0.2, 0) is 0 Å². The van der Waals surface area contributed by atoms with Crippen molar-refractivity contribution >= 4 is 38.9 Å². The monoisotopic (exact) mass is 390 g/mol. The van der Waals surface area contributed by atoms with Crippen molar-refractivity contribution in [1.82, 2.24) is 9.97 Å². The number of hydrogen-bond donors (Lipinski definition) is 2. The average molecular weight is 390 g/mol. The van der Waals surface area contributed by atoms with Gasteiger partial charge in [-0.25, -0.2) is 4.98 Å². The summed E-state index contributed by atoms with van der Waals surface area (Å²) in [4.78, 5) is 19.6. The number of aromatic amines is 1. The molecule has 30 heavy (non-hydrogen) atoms. The van der Waals surface area contributed by atoms with Crippen molar-refractivity contribution in [1.29, 1.82) is 0 Å². The highest BCUT2D eigenvalue weighted by atomic mass is 16.1. The van der Waals surface area contributed by atoms with Gasteiger partial charge in [-0.1, -0.05) is 42.5 Å². The number of aryl methyl sites for hydroxylation is 1. The molecule has 5 aromatic rings. The molecule has 5 nitrogen and oxygen atoms in total. The molecule has 3 heterocycles. The lowest BCUT2D eigenvalue weighted by atomic mass is 10.0. The molecule has 0 aliphatic carbocycles. The number of fused-ring (bicyclic) bond motifs is 4. The molecule has 144 valence electrons. The van der Waals surface area contributed by atoms with Gasteiger partial charge in [-0.2, -0.15) is 0 Å². The lowest BCUT2D eigenvalue weighted by Gasteiger charge is -2.11. The van der Waals surface area contributed by atoms with Gasteiger partial charge < -0.3 is 4.98 Å². The predicted molar refractivity (Wildman–Crippen MR) is 122 cm³/mol. The third-order valence-electron chi connectivity index (χ3n) is 5.67. The molecule has 5 heteroatoms. The van der Waals surface area contributed by atoms with Crippen LogP contribution >= 0.6 is 0 Å². The Bertz CT molecular complexity index is 1510. The highest BCUT2D eigenvalue weighted by Gasteiger charge is 2.35. The lowest BCUT2D eigenvalue weighted by Crippen LogP contribution is -2.11. The summed E-state index contributed by atoms with van der Waals surface area (Å²) in [5.74, 6) is 0. The molecule has 2 aromatic heterocycles. The van der Waals surface area contributed by atoms with Crippen LogP contribution in [0.4, 0.5) is 17.1 Å². The maximum atomic E-state index is 12.4. The topological polar surface area (TPSA) is 60.8 Å². The minimum absolute atomic E-state index is 0.125. The molecule has 3 aromatic carbocycles. The van der Waals surface area contributed by atoms with Crippen LogP contribution in [0.25, 0.3) is 32.9 Å². The van der Waals surface area contributed by atoms with Crippen LogP contribution in [0.1, 0.15) is 5.56 Å². The van der Waals surface area contributed by atoms with E-state index in [1.165, 1.54) is 28.1 Å². The van der Waals surface area contributed by atoms with Crippen LogP contribution in [0.15, 0.2) is 83.8 Å². The second-order valence-corrected chi connectivity index (χ2v) is 7.55. The van der Waals surface area contributed by atoms with E-state index in [-0.39, 0.29) is 5.56 Å². The summed E-state index contributed by atoms with van der Waals surface area (Å²) in [6.07, 6.45) is 1.69. The van der Waals surface area contributed by atoms with E-state index in [4.69, 9.17) is 0 Å². The van der Waals surface area contributed by atoms with Gasteiger partial charge in [0, 0.05) is 27.9 Å². The fourth-order valence-electron chi connectivity index (χ4n) is 4.17. The van der Waals surface area contributed by atoms with E-state index < -0.39 is 0 Å². The number of H-pyrrole nitrogens is 1. The standard InChI is InChI=1S/C25H18N4O/c1-15-9-11-18(16-6-3-2-4-7-16)23-22(15)29(23)28-17-10-12-20-21(14-17)19-8-5-13-26-24(19)27-25(20)30/h2-14,28H,1H3,(H,26,27,30). The minimum atomic E-state index is -0.125. The Morgan fingerprint density at radius 1 is 0.867 bits per heavy atom. The zero-order valence-corrected chi connectivity index (χ0v) is 16.3. The summed E-state index contributed by atoms with van der Waals surface area (Å²) >= 11 is 0. The van der Waals surface area contributed by atoms with E-state index in [1.54, 1.807) is 6.20 Å². The van der Waals surface area contributed by atoms with Gasteiger partial charge in [-0.15, -0.1) is 0 Å². The molecule has 1 aliphatic rings. The molecule has 0 spiro atoms. The van der Waals surface area contributed by atoms with Gasteiger partial charge in [-0.05, 0) is 48.4 Å². The van der Waals surface area contributed by atoms with E-state index in [0.717, 1.165) is 16.5 Å². The van der Waals surface area contributed by atoms with Gasteiger partial charge in [0.15, 0.2) is 0 Å². The van der Waals surface area contributed by atoms with Crippen LogP contribution in [0.3, 0.4) is 0 Å². The Kier molecular flexibility index (Phi) is 3.47. The second kappa shape index (κ2) is 6.19. The molecular formula is C25H18N4O. The van der Waals surface area contributed by atoms with Crippen LogP contribution in [-0.4, -0.2) is 9.97 Å². The molecule has 0 amide bonds. The Labute approximate surface area is 172 Å². The second-order valence-electron chi connectivity index (χ2n) is 7.55. The smallest absolute Gasteiger partial charge is 0.257 e. The van der Waals surface area contributed by atoms with Crippen LogP contribution in [0.2, 0.25) is 0 Å². The third kappa shape index (κ3) is 2.49. The van der Waals surface area contributed by atoms with Crippen molar-refractivity contribution in [2.24, 2.45) is 0 Å². The summed E-state index contributed by atoms with van der Waals surface area (Å²) in [5, 5.41) is 4.59. The number of aromatic nitrogens is 2. The number of nitrogens with zero attached hydrogens (tertiary/aromatic N) is 2. The van der Waals surface area contributed by atoms with Crippen molar-refractivity contribution in [3.05, 3.63) is 94.9 Å².